The van der Waals surface area contributed by atoms with Gasteiger partial charge in [0.1, 0.15) is 6.04 Å². The number of cyclic esters (lactones) is 2. The number of nitrogens with one attached hydrogen (secondary N) is 2. The molecule has 1 aliphatic heterocycles. The lowest BCUT2D eigenvalue weighted by Crippen LogP contribution is -2.29. The molecule has 0 aromatic rings. The van der Waals surface area contributed by atoms with E-state index in [1.807, 2.05) is 0 Å². The number of ether oxygens (including phenoxy) is 2. The fourth-order valence-corrected chi connectivity index (χ4v) is 1.32. The molecule has 0 bridgehead atoms. The zero-order chi connectivity index (χ0) is 12.0. The van der Waals surface area contributed by atoms with Gasteiger partial charge >= 0.3 is 18.2 Å². The third-order valence-electron chi connectivity index (χ3n) is 2.14. The van der Waals surface area contributed by atoms with Crippen LogP contribution < -0.4 is 10.6 Å². The molecule has 1 heterocycles. The average Bonchev–Trinajstić information content (AvgIpc) is 2.56. The van der Waals surface area contributed by atoms with Gasteiger partial charge in [-0.3, -0.25) is 0 Å². The van der Waals surface area contributed by atoms with Crippen LogP contribution in [0.25, 0.3) is 0 Å². The average molecular weight is 230 g/mol. The zero-order valence-corrected chi connectivity index (χ0v) is 8.95. The van der Waals surface area contributed by atoms with Crippen LogP contribution in [0, 0.1) is 0 Å². The number of hydrogen-bond donors (Lipinski definition) is 2. The number of alkyl carbamates (subject to hydrolysis) is 2. The van der Waals surface area contributed by atoms with Crippen LogP contribution in [0.3, 0.4) is 0 Å². The molecular formula is C9H14N2O5. The van der Waals surface area contributed by atoms with Gasteiger partial charge in [0.15, 0.2) is 0 Å². The minimum Gasteiger partial charge on any atom is -0.453 e. The van der Waals surface area contributed by atoms with Crippen LogP contribution in [-0.2, 0) is 14.3 Å². The molecule has 1 saturated heterocycles. The normalized spacial score (nSPS) is 18.9. The van der Waals surface area contributed by atoms with Gasteiger partial charge in [-0.05, 0) is 19.3 Å². The molecule has 1 rings (SSSR count). The molecule has 0 aliphatic carbocycles. The lowest BCUT2D eigenvalue weighted by Gasteiger charge is -2.05. The third-order valence-corrected chi connectivity index (χ3v) is 2.14. The first-order valence-electron chi connectivity index (χ1n) is 4.97. The van der Waals surface area contributed by atoms with E-state index < -0.39 is 24.2 Å². The maximum absolute atomic E-state index is 11.0. The summed E-state index contributed by atoms with van der Waals surface area (Å²) in [5, 5.41) is 4.90. The van der Waals surface area contributed by atoms with Crippen LogP contribution in [0.5, 0.6) is 0 Å². The molecule has 1 aliphatic rings. The highest BCUT2D eigenvalue weighted by Gasteiger charge is 2.31. The summed E-state index contributed by atoms with van der Waals surface area (Å²) in [4.78, 5) is 32.3. The quantitative estimate of drug-likeness (QED) is 0.398. The van der Waals surface area contributed by atoms with Crippen LogP contribution >= 0.6 is 0 Å². The third kappa shape index (κ3) is 3.76. The van der Waals surface area contributed by atoms with E-state index in [2.05, 4.69) is 20.1 Å². The Morgan fingerprint density at radius 1 is 1.50 bits per heavy atom. The molecule has 1 atom stereocenters. The maximum atomic E-state index is 11.0. The minimum absolute atomic E-state index is 0.475. The molecule has 16 heavy (non-hydrogen) atoms. The van der Waals surface area contributed by atoms with Gasteiger partial charge in [-0.2, -0.15) is 0 Å². The molecule has 0 saturated carbocycles. The molecular weight excluding hydrogens is 216 g/mol. The van der Waals surface area contributed by atoms with Gasteiger partial charge in [0, 0.05) is 6.54 Å². The first kappa shape index (κ1) is 12.3. The monoisotopic (exact) mass is 230 g/mol. The summed E-state index contributed by atoms with van der Waals surface area (Å²) < 4.78 is 8.69. The Labute approximate surface area is 92.5 Å². The Morgan fingerprint density at radius 2 is 2.25 bits per heavy atom. The summed E-state index contributed by atoms with van der Waals surface area (Å²) >= 11 is 0. The summed E-state index contributed by atoms with van der Waals surface area (Å²) in [5.74, 6) is -0.536. The van der Waals surface area contributed by atoms with Gasteiger partial charge in [-0.1, -0.05) is 0 Å². The largest absolute Gasteiger partial charge is 0.453 e. The van der Waals surface area contributed by atoms with Crippen molar-refractivity contribution in [3.63, 3.8) is 0 Å². The van der Waals surface area contributed by atoms with E-state index in [1.54, 1.807) is 0 Å². The predicted molar refractivity (Wildman–Crippen MR) is 52.7 cm³/mol. The van der Waals surface area contributed by atoms with Crippen molar-refractivity contribution in [1.29, 1.82) is 0 Å². The van der Waals surface area contributed by atoms with E-state index in [-0.39, 0.29) is 0 Å². The van der Waals surface area contributed by atoms with Crippen molar-refractivity contribution in [2.24, 2.45) is 0 Å². The molecule has 7 nitrogen and oxygen atoms in total. The smallest absolute Gasteiger partial charge is 0.415 e. The number of carbonyl (C=O) groups excluding carboxylic acids is 3. The lowest BCUT2D eigenvalue weighted by molar-refractivity contribution is -0.135. The molecule has 1 fully saturated rings. The van der Waals surface area contributed by atoms with Gasteiger partial charge in [0.05, 0.1) is 7.11 Å². The second-order valence-electron chi connectivity index (χ2n) is 3.32. The van der Waals surface area contributed by atoms with Crippen molar-refractivity contribution < 1.29 is 23.9 Å². The number of esters is 1. The van der Waals surface area contributed by atoms with Crippen molar-refractivity contribution in [3.8, 4) is 0 Å². The van der Waals surface area contributed by atoms with E-state index in [1.165, 1.54) is 7.11 Å². The van der Waals surface area contributed by atoms with Gasteiger partial charge < -0.3 is 20.1 Å². The first-order valence-corrected chi connectivity index (χ1v) is 4.97. The number of hydrogen-bond acceptors (Lipinski definition) is 5. The number of amides is 2. The highest BCUT2D eigenvalue weighted by Crippen LogP contribution is 2.08. The fraction of sp³-hybridized carbons (Fsp3) is 0.667. The molecule has 7 heteroatoms. The second kappa shape index (κ2) is 5.94. The van der Waals surface area contributed by atoms with Gasteiger partial charge in [0.2, 0.25) is 0 Å². The number of methoxy groups -OCH3 is 1. The van der Waals surface area contributed by atoms with Crippen molar-refractivity contribution in [2.45, 2.75) is 25.3 Å². The van der Waals surface area contributed by atoms with E-state index >= 15 is 0 Å². The van der Waals surface area contributed by atoms with Crippen LogP contribution in [-0.4, -0.2) is 37.9 Å². The second-order valence-corrected chi connectivity index (χ2v) is 3.32. The summed E-state index contributed by atoms with van der Waals surface area (Å²) in [6.45, 7) is 0.475. The molecule has 2 amide bonds. The van der Waals surface area contributed by atoms with Gasteiger partial charge in [-0.25, -0.2) is 14.4 Å². The maximum Gasteiger partial charge on any atom is 0.415 e. The van der Waals surface area contributed by atoms with Crippen molar-refractivity contribution in [1.82, 2.24) is 10.6 Å². The highest BCUT2D eigenvalue weighted by molar-refractivity contribution is 5.95. The highest BCUT2D eigenvalue weighted by atomic mass is 16.6. The Bertz CT molecular complexity index is 292. The Morgan fingerprint density at radius 3 is 2.81 bits per heavy atom. The van der Waals surface area contributed by atoms with Crippen LogP contribution in [0.1, 0.15) is 19.3 Å². The van der Waals surface area contributed by atoms with Crippen molar-refractivity contribution in [2.75, 3.05) is 13.7 Å². The SMILES string of the molecule is COC(=O)NCCCCC1NC(=O)OC1=O. The number of rotatable bonds is 5. The molecule has 0 aromatic carbocycles. The predicted octanol–water partition coefficient (Wildman–Crippen LogP) is 0.148. The topological polar surface area (TPSA) is 93.7 Å². The Hall–Kier alpha value is -1.79. The summed E-state index contributed by atoms with van der Waals surface area (Å²) in [5.41, 5.74) is 0. The zero-order valence-electron chi connectivity index (χ0n) is 8.95. The molecule has 0 aromatic heterocycles. The van der Waals surface area contributed by atoms with Crippen LogP contribution in [0.2, 0.25) is 0 Å². The summed E-state index contributed by atoms with van der Waals surface area (Å²) in [6.07, 6.45) is 0.739. The van der Waals surface area contributed by atoms with E-state index in [0.29, 0.717) is 25.8 Å². The molecule has 90 valence electrons. The van der Waals surface area contributed by atoms with E-state index in [9.17, 15) is 14.4 Å². The Balaban J connectivity index is 2.05. The standard InChI is InChI=1S/C9H14N2O5/c1-15-8(13)10-5-3-2-4-6-7(12)16-9(14)11-6/h6H,2-5H2,1H3,(H,10,13)(H,11,14). The first-order chi connectivity index (χ1) is 7.63. The molecule has 0 radical (unpaired) electrons. The van der Waals surface area contributed by atoms with Crippen molar-refractivity contribution >= 4 is 18.2 Å². The number of unbranched alkanes of at least 4 members (excludes halogenated alkanes) is 1. The van der Waals surface area contributed by atoms with Crippen LogP contribution in [0.4, 0.5) is 9.59 Å². The molecule has 0 spiro atoms. The Kier molecular flexibility index (Phi) is 4.56. The summed E-state index contributed by atoms with van der Waals surface area (Å²) in [6, 6.07) is -0.550. The van der Waals surface area contributed by atoms with Crippen LogP contribution in [0.15, 0.2) is 0 Å². The lowest BCUT2D eigenvalue weighted by atomic mass is 10.1. The van der Waals surface area contributed by atoms with Crippen molar-refractivity contribution in [3.05, 3.63) is 0 Å². The van der Waals surface area contributed by atoms with E-state index in [4.69, 9.17) is 0 Å². The minimum atomic E-state index is -0.692. The number of carbonyl (C=O) groups is 3. The van der Waals surface area contributed by atoms with E-state index in [0.717, 1.165) is 0 Å². The van der Waals surface area contributed by atoms with Gasteiger partial charge in [0.25, 0.3) is 0 Å². The molecule has 1 unspecified atom stereocenters. The molecule has 2 N–H and O–H groups in total. The fourth-order valence-electron chi connectivity index (χ4n) is 1.32. The summed E-state index contributed by atoms with van der Waals surface area (Å²) in [7, 11) is 1.29. The van der Waals surface area contributed by atoms with Gasteiger partial charge in [-0.15, -0.1) is 0 Å².